The molecule has 1 aromatic carbocycles. The van der Waals surface area contributed by atoms with Crippen LogP contribution in [0.1, 0.15) is 30.1 Å². The molecular formula is C15H19FN2O5S. The van der Waals surface area contributed by atoms with Gasteiger partial charge in [0.2, 0.25) is 15.9 Å². The lowest BCUT2D eigenvalue weighted by Crippen LogP contribution is -2.44. The molecule has 132 valence electrons. The number of rotatable bonds is 5. The Morgan fingerprint density at radius 2 is 2.12 bits per heavy atom. The summed E-state index contributed by atoms with van der Waals surface area (Å²) in [5.74, 6) is -3.20. The molecule has 1 amide bonds. The van der Waals surface area contributed by atoms with E-state index in [2.05, 4.69) is 5.32 Å². The van der Waals surface area contributed by atoms with Crippen molar-refractivity contribution in [3.8, 4) is 0 Å². The number of sulfonamides is 1. The van der Waals surface area contributed by atoms with Gasteiger partial charge in [0.15, 0.2) is 0 Å². The minimum atomic E-state index is -3.37. The molecule has 0 bridgehead atoms. The number of benzene rings is 1. The van der Waals surface area contributed by atoms with Crippen molar-refractivity contribution in [2.24, 2.45) is 5.92 Å². The van der Waals surface area contributed by atoms with E-state index in [4.69, 9.17) is 5.11 Å². The molecule has 1 unspecified atom stereocenters. The molecule has 1 aliphatic heterocycles. The SMILES string of the molecule is CCS(=O)(=O)N1CCCC(C(=O)Nc2ccc(C(=O)O)cc2F)C1. The third-order valence-electron chi connectivity index (χ3n) is 3.99. The minimum absolute atomic E-state index is 0.0351. The number of nitrogens with one attached hydrogen (secondary N) is 1. The molecule has 1 aromatic rings. The molecule has 0 saturated carbocycles. The molecule has 2 N–H and O–H groups in total. The number of hydrogen-bond acceptors (Lipinski definition) is 4. The highest BCUT2D eigenvalue weighted by molar-refractivity contribution is 7.89. The normalized spacial score (nSPS) is 19.0. The molecule has 9 heteroatoms. The number of carboxylic acids is 1. The number of hydrogen-bond donors (Lipinski definition) is 2. The van der Waals surface area contributed by atoms with Crippen LogP contribution in [-0.4, -0.2) is 48.5 Å². The van der Waals surface area contributed by atoms with Crippen LogP contribution in [0, 0.1) is 11.7 Å². The quantitative estimate of drug-likeness (QED) is 0.831. The van der Waals surface area contributed by atoms with Gasteiger partial charge < -0.3 is 10.4 Å². The van der Waals surface area contributed by atoms with Crippen molar-refractivity contribution in [2.75, 3.05) is 24.2 Å². The van der Waals surface area contributed by atoms with E-state index in [0.717, 1.165) is 6.07 Å². The first kappa shape index (κ1) is 18.3. The van der Waals surface area contributed by atoms with E-state index < -0.39 is 33.6 Å². The van der Waals surface area contributed by atoms with Crippen molar-refractivity contribution in [3.05, 3.63) is 29.6 Å². The Morgan fingerprint density at radius 1 is 1.42 bits per heavy atom. The van der Waals surface area contributed by atoms with E-state index in [1.807, 2.05) is 0 Å². The number of carbonyl (C=O) groups is 2. The third-order valence-corrected chi connectivity index (χ3v) is 5.84. The minimum Gasteiger partial charge on any atom is -0.478 e. The lowest BCUT2D eigenvalue weighted by Gasteiger charge is -2.30. The van der Waals surface area contributed by atoms with Gasteiger partial charge in [-0.25, -0.2) is 21.9 Å². The number of halogens is 1. The molecule has 1 heterocycles. The maximum absolute atomic E-state index is 13.9. The van der Waals surface area contributed by atoms with Crippen LogP contribution in [0.5, 0.6) is 0 Å². The van der Waals surface area contributed by atoms with Crippen molar-refractivity contribution in [3.63, 3.8) is 0 Å². The second-order valence-corrected chi connectivity index (χ2v) is 7.84. The fourth-order valence-electron chi connectivity index (χ4n) is 2.58. The highest BCUT2D eigenvalue weighted by Crippen LogP contribution is 2.22. The van der Waals surface area contributed by atoms with Crippen LogP contribution in [0.15, 0.2) is 18.2 Å². The van der Waals surface area contributed by atoms with Crippen LogP contribution in [0.2, 0.25) is 0 Å². The summed E-state index contributed by atoms with van der Waals surface area (Å²) in [4.78, 5) is 23.1. The van der Waals surface area contributed by atoms with Gasteiger partial charge in [-0.3, -0.25) is 4.79 Å². The van der Waals surface area contributed by atoms with Crippen LogP contribution in [0.4, 0.5) is 10.1 Å². The predicted octanol–water partition coefficient (Wildman–Crippen LogP) is 1.52. The van der Waals surface area contributed by atoms with Gasteiger partial charge in [0.1, 0.15) is 5.82 Å². The summed E-state index contributed by atoms with van der Waals surface area (Å²) in [6.45, 7) is 1.98. The van der Waals surface area contributed by atoms with E-state index in [0.29, 0.717) is 19.4 Å². The van der Waals surface area contributed by atoms with Gasteiger partial charge in [0.25, 0.3) is 0 Å². The highest BCUT2D eigenvalue weighted by Gasteiger charge is 2.31. The average Bonchev–Trinajstić information content (AvgIpc) is 2.56. The molecule has 2 rings (SSSR count). The zero-order valence-corrected chi connectivity index (χ0v) is 14.0. The van der Waals surface area contributed by atoms with Crippen LogP contribution in [0.3, 0.4) is 0 Å². The van der Waals surface area contributed by atoms with Crippen molar-refractivity contribution >= 4 is 27.6 Å². The number of carboxylic acid groups (broad SMARTS) is 1. The molecular weight excluding hydrogens is 339 g/mol. The van der Waals surface area contributed by atoms with Crippen LogP contribution >= 0.6 is 0 Å². The number of anilines is 1. The second-order valence-electron chi connectivity index (χ2n) is 5.59. The molecule has 1 saturated heterocycles. The van der Waals surface area contributed by atoms with Crippen molar-refractivity contribution in [1.82, 2.24) is 4.31 Å². The molecule has 0 aliphatic carbocycles. The van der Waals surface area contributed by atoms with Gasteiger partial charge in [-0.2, -0.15) is 0 Å². The van der Waals surface area contributed by atoms with E-state index >= 15 is 0 Å². The number of aromatic carboxylic acids is 1. The summed E-state index contributed by atoms with van der Waals surface area (Å²) in [5, 5.41) is 11.2. The van der Waals surface area contributed by atoms with Gasteiger partial charge >= 0.3 is 5.97 Å². The average molecular weight is 358 g/mol. The summed E-state index contributed by atoms with van der Waals surface area (Å²) >= 11 is 0. The standard InChI is InChI=1S/C15H19FN2O5S/c1-2-24(22,23)18-7-3-4-11(9-18)14(19)17-13-6-5-10(15(20)21)8-12(13)16/h5-6,8,11H,2-4,7,9H2,1H3,(H,17,19)(H,20,21). The fourth-order valence-corrected chi connectivity index (χ4v) is 3.76. The Balaban J connectivity index is 2.08. The van der Waals surface area contributed by atoms with E-state index in [1.54, 1.807) is 6.92 Å². The Labute approximate surface area is 139 Å². The Kier molecular flexibility index (Phi) is 5.55. The molecule has 1 atom stereocenters. The van der Waals surface area contributed by atoms with Crippen LogP contribution in [0.25, 0.3) is 0 Å². The molecule has 1 fully saturated rings. The summed E-state index contributed by atoms with van der Waals surface area (Å²) < 4.78 is 39.0. The van der Waals surface area contributed by atoms with Crippen molar-refractivity contribution < 1.29 is 27.5 Å². The van der Waals surface area contributed by atoms with Gasteiger partial charge in [0, 0.05) is 13.1 Å². The zero-order valence-electron chi connectivity index (χ0n) is 13.2. The van der Waals surface area contributed by atoms with E-state index in [1.165, 1.54) is 16.4 Å². The number of amides is 1. The van der Waals surface area contributed by atoms with E-state index in [9.17, 15) is 22.4 Å². The van der Waals surface area contributed by atoms with Crippen LogP contribution < -0.4 is 5.32 Å². The summed E-state index contributed by atoms with van der Waals surface area (Å²) in [5.41, 5.74) is -0.344. The Hall–Kier alpha value is -2.00. The maximum Gasteiger partial charge on any atom is 0.335 e. The van der Waals surface area contributed by atoms with Crippen molar-refractivity contribution in [2.45, 2.75) is 19.8 Å². The zero-order chi connectivity index (χ0) is 17.9. The summed E-state index contributed by atoms with van der Waals surface area (Å²) in [6, 6.07) is 3.20. The lowest BCUT2D eigenvalue weighted by molar-refractivity contribution is -0.120. The highest BCUT2D eigenvalue weighted by atomic mass is 32.2. The first-order valence-corrected chi connectivity index (χ1v) is 9.17. The molecule has 1 aliphatic rings. The third kappa shape index (κ3) is 4.09. The molecule has 0 aromatic heterocycles. The first-order valence-electron chi connectivity index (χ1n) is 7.56. The van der Waals surface area contributed by atoms with Gasteiger partial charge in [0.05, 0.1) is 22.9 Å². The molecule has 7 nitrogen and oxygen atoms in total. The smallest absolute Gasteiger partial charge is 0.335 e. The number of nitrogens with zero attached hydrogens (tertiary/aromatic N) is 1. The summed E-state index contributed by atoms with van der Waals surface area (Å²) in [7, 11) is -3.37. The second kappa shape index (κ2) is 7.27. The topological polar surface area (TPSA) is 104 Å². The van der Waals surface area contributed by atoms with Gasteiger partial charge in [-0.15, -0.1) is 0 Å². The summed E-state index contributed by atoms with van der Waals surface area (Å²) in [6.07, 6.45) is 1.06. The Morgan fingerprint density at radius 3 is 2.71 bits per heavy atom. The van der Waals surface area contributed by atoms with E-state index in [-0.39, 0.29) is 23.5 Å². The maximum atomic E-state index is 13.9. The predicted molar refractivity (Wildman–Crippen MR) is 85.7 cm³/mol. The first-order chi connectivity index (χ1) is 11.2. The molecule has 0 radical (unpaired) electrons. The monoisotopic (exact) mass is 358 g/mol. The number of carbonyl (C=O) groups excluding carboxylic acids is 1. The lowest BCUT2D eigenvalue weighted by atomic mass is 9.98. The number of piperidine rings is 1. The van der Waals surface area contributed by atoms with Crippen LogP contribution in [-0.2, 0) is 14.8 Å². The fraction of sp³-hybridized carbons (Fsp3) is 0.467. The van der Waals surface area contributed by atoms with Gasteiger partial charge in [-0.05, 0) is 38.0 Å². The van der Waals surface area contributed by atoms with Gasteiger partial charge in [-0.1, -0.05) is 0 Å². The molecule has 0 spiro atoms. The largest absolute Gasteiger partial charge is 0.478 e. The Bertz CT molecular complexity index is 750. The van der Waals surface area contributed by atoms with Crippen molar-refractivity contribution in [1.29, 1.82) is 0 Å². The molecule has 24 heavy (non-hydrogen) atoms.